The van der Waals surface area contributed by atoms with Gasteiger partial charge in [0, 0.05) is 35.2 Å². The van der Waals surface area contributed by atoms with Gasteiger partial charge in [0.2, 0.25) is 0 Å². The zero-order valence-corrected chi connectivity index (χ0v) is 26.1. The molecule has 230 valence electrons. The molecule has 0 aliphatic carbocycles. The van der Waals surface area contributed by atoms with E-state index >= 15 is 0 Å². The fourth-order valence-corrected chi connectivity index (χ4v) is 5.02. The molecule has 3 aromatic carbocycles. The maximum Gasteiger partial charge on any atom is 0.335 e. The highest BCUT2D eigenvalue weighted by Crippen LogP contribution is 2.25. The molecule has 0 spiro atoms. The summed E-state index contributed by atoms with van der Waals surface area (Å²) < 4.78 is 27.5. The van der Waals surface area contributed by atoms with Gasteiger partial charge in [-0.2, -0.15) is 8.42 Å². The van der Waals surface area contributed by atoms with Gasteiger partial charge in [-0.1, -0.05) is 48.5 Å². The lowest BCUT2D eigenvalue weighted by Gasteiger charge is -2.29. The van der Waals surface area contributed by atoms with Crippen LogP contribution in [0.3, 0.4) is 0 Å². The van der Waals surface area contributed by atoms with Crippen molar-refractivity contribution in [3.05, 3.63) is 102 Å². The molecule has 0 saturated heterocycles. The summed E-state index contributed by atoms with van der Waals surface area (Å²) in [6.45, 7) is 6.14. The predicted molar refractivity (Wildman–Crippen MR) is 171 cm³/mol. The second kappa shape index (κ2) is 16.1. The lowest BCUT2D eigenvalue weighted by atomic mass is 9.99. The topological polar surface area (TPSA) is 124 Å². The summed E-state index contributed by atoms with van der Waals surface area (Å²) in [5.74, 6) is -0.937. The van der Waals surface area contributed by atoms with Crippen LogP contribution in [0.1, 0.15) is 54.4 Å². The Hall–Kier alpha value is -3.83. The number of aliphatic hydroxyl groups excluding tert-OH is 1. The maximum absolute atomic E-state index is 11.5. The number of hydrogen-bond donors (Lipinski definition) is 3. The largest absolute Gasteiger partial charge is 0.478 e. The highest BCUT2D eigenvalue weighted by molar-refractivity contribution is 7.61. The summed E-state index contributed by atoms with van der Waals surface area (Å²) in [6.07, 6.45) is 1.83. The highest BCUT2D eigenvalue weighted by Gasteiger charge is 2.21. The number of fused-ring (bicyclic) bond motifs is 1. The minimum atomic E-state index is -2.55. The first-order chi connectivity index (χ1) is 20.4. The minimum absolute atomic E-state index is 0.275. The molecule has 43 heavy (non-hydrogen) atoms. The second-order valence-corrected chi connectivity index (χ2v) is 12.0. The molecule has 10 heteroatoms. The van der Waals surface area contributed by atoms with Gasteiger partial charge in [0.25, 0.3) is 0 Å². The van der Waals surface area contributed by atoms with Gasteiger partial charge >= 0.3 is 16.5 Å². The Morgan fingerprint density at radius 1 is 1.00 bits per heavy atom. The summed E-state index contributed by atoms with van der Waals surface area (Å²) in [7, 11) is 1.55. The van der Waals surface area contributed by atoms with E-state index in [1.54, 1.807) is 36.4 Å². The van der Waals surface area contributed by atoms with Crippen LogP contribution in [0.25, 0.3) is 10.9 Å². The third-order valence-electron chi connectivity index (χ3n) is 7.11. The number of carbonyl (C=O) groups is 1. The van der Waals surface area contributed by atoms with Gasteiger partial charge in [0.05, 0.1) is 17.4 Å². The summed E-state index contributed by atoms with van der Waals surface area (Å²) in [5.41, 5.74) is 3.01. The number of aryl methyl sites for hydroxylation is 2. The summed E-state index contributed by atoms with van der Waals surface area (Å²) in [6, 6.07) is 25.9. The summed E-state index contributed by atoms with van der Waals surface area (Å²) in [5, 5.41) is 24.4. The van der Waals surface area contributed by atoms with Crippen molar-refractivity contribution in [3.63, 3.8) is 0 Å². The van der Waals surface area contributed by atoms with Gasteiger partial charge in [-0.15, -0.1) is 4.36 Å². The number of carboxylic acid groups (broad SMARTS) is 1. The van der Waals surface area contributed by atoms with Crippen LogP contribution in [-0.2, 0) is 23.5 Å². The van der Waals surface area contributed by atoms with Crippen LogP contribution in [0.2, 0.25) is 0 Å². The molecule has 1 heterocycles. The van der Waals surface area contributed by atoms with Crippen molar-refractivity contribution in [2.45, 2.75) is 51.3 Å². The summed E-state index contributed by atoms with van der Waals surface area (Å²) >= 11 is 0. The molecular weight excluding hydrogens is 564 g/mol. The number of aromatic nitrogens is 1. The van der Waals surface area contributed by atoms with Crippen molar-refractivity contribution in [3.8, 4) is 0 Å². The molecule has 0 bridgehead atoms. The lowest BCUT2D eigenvalue weighted by Crippen LogP contribution is -2.42. The molecule has 9 nitrogen and oxygen atoms in total. The van der Waals surface area contributed by atoms with Gasteiger partial charge in [-0.25, -0.2) is 4.79 Å². The Morgan fingerprint density at radius 3 is 2.28 bits per heavy atom. The molecule has 0 aliphatic rings. The van der Waals surface area contributed by atoms with Gasteiger partial charge in [0.1, 0.15) is 0 Å². The number of rotatable bonds is 13. The smallest absolute Gasteiger partial charge is 0.335 e. The van der Waals surface area contributed by atoms with Crippen molar-refractivity contribution in [1.29, 1.82) is 0 Å². The van der Waals surface area contributed by atoms with Crippen LogP contribution >= 0.6 is 0 Å². The maximum atomic E-state index is 11.5. The van der Waals surface area contributed by atoms with Crippen LogP contribution in [0.15, 0.2) is 89.3 Å². The van der Waals surface area contributed by atoms with E-state index in [2.05, 4.69) is 39.1 Å². The van der Waals surface area contributed by atoms with E-state index in [4.69, 9.17) is 0 Å². The van der Waals surface area contributed by atoms with Crippen molar-refractivity contribution >= 4 is 33.1 Å². The Labute approximate surface area is 255 Å². The molecule has 1 aromatic heterocycles. The van der Waals surface area contributed by atoms with E-state index in [0.29, 0.717) is 12.1 Å². The van der Waals surface area contributed by atoms with E-state index in [0.717, 1.165) is 43.3 Å². The number of β-amino-alcohol motifs (C(OH)–C–C–N with tert-alkyl or cyclic N) is 1. The third-order valence-corrected chi connectivity index (χ3v) is 7.47. The van der Waals surface area contributed by atoms with Crippen molar-refractivity contribution in [2.24, 2.45) is 4.36 Å². The second-order valence-electron chi connectivity index (χ2n) is 11.4. The molecule has 1 atom stereocenters. The number of aromatic carboxylic acids is 1. The average molecular weight is 607 g/mol. The Kier molecular flexibility index (Phi) is 12.6. The number of aliphatic hydroxyl groups is 1. The zero-order valence-electron chi connectivity index (χ0n) is 25.3. The molecule has 3 N–H and O–H groups in total. The fraction of sp³-hybridized carbons (Fsp3) is 0.364. The van der Waals surface area contributed by atoms with Gasteiger partial charge in [-0.3, -0.25) is 0 Å². The van der Waals surface area contributed by atoms with Crippen LogP contribution in [-0.4, -0.2) is 66.8 Å². The molecular formula is C33H42N4O5S. The van der Waals surface area contributed by atoms with Crippen LogP contribution in [0.4, 0.5) is 5.69 Å². The first kappa shape index (κ1) is 33.7. The number of nitrogens with zero attached hydrogens (tertiary/aromatic N) is 3. The van der Waals surface area contributed by atoms with Gasteiger partial charge in [-0.05, 0) is 95.7 Å². The Morgan fingerprint density at radius 2 is 1.67 bits per heavy atom. The number of benzene rings is 3. The molecule has 4 rings (SSSR count). The van der Waals surface area contributed by atoms with E-state index in [-0.39, 0.29) is 16.8 Å². The van der Waals surface area contributed by atoms with Gasteiger partial charge in [0.15, 0.2) is 0 Å². The Balaban J connectivity index is 0.000000749. The quantitative estimate of drug-likeness (QED) is 0.178. The molecule has 0 fully saturated rings. The van der Waals surface area contributed by atoms with Crippen molar-refractivity contribution < 1.29 is 23.4 Å². The monoisotopic (exact) mass is 606 g/mol. The summed E-state index contributed by atoms with van der Waals surface area (Å²) in [4.78, 5) is 13.6. The van der Waals surface area contributed by atoms with Crippen molar-refractivity contribution in [2.75, 3.05) is 27.2 Å². The average Bonchev–Trinajstić information content (AvgIpc) is 3.32. The Bertz CT molecular complexity index is 1580. The standard InChI is InChI=1S/C27H36N4O5S.C6H6/c1-27(2,28-18-25(32)19-7-5-8-22(16-19)29-37(35)36)12-14-31-23(9-6-13-30(3)4)17-21-15-20(26(33)34)10-11-24(21)31;1-2-4-6-5-3-1/h5,7-8,10-11,15-17,25,28,32H,6,9,12-14,18H2,1-4H3,(H,33,34);1-6H. The molecule has 0 aliphatic heterocycles. The van der Waals surface area contributed by atoms with E-state index in [9.17, 15) is 23.4 Å². The van der Waals surface area contributed by atoms with Crippen molar-refractivity contribution in [1.82, 2.24) is 14.8 Å². The highest BCUT2D eigenvalue weighted by atomic mass is 32.2. The molecule has 1 unspecified atom stereocenters. The van der Waals surface area contributed by atoms with Crippen LogP contribution in [0.5, 0.6) is 0 Å². The molecule has 0 amide bonds. The van der Waals surface area contributed by atoms with E-state index < -0.39 is 22.6 Å². The zero-order chi connectivity index (χ0) is 31.4. The van der Waals surface area contributed by atoms with E-state index in [1.807, 2.05) is 56.6 Å². The van der Waals surface area contributed by atoms with Gasteiger partial charge < -0.3 is 25.0 Å². The molecule has 0 radical (unpaired) electrons. The molecule has 4 aromatic rings. The first-order valence-electron chi connectivity index (χ1n) is 14.3. The minimum Gasteiger partial charge on any atom is -0.478 e. The fourth-order valence-electron chi connectivity index (χ4n) is 4.74. The first-order valence-corrected chi connectivity index (χ1v) is 15.3. The lowest BCUT2D eigenvalue weighted by molar-refractivity contribution is 0.0697. The number of carboxylic acids is 1. The number of hydrogen-bond acceptors (Lipinski definition) is 7. The SMILES string of the molecule is CN(C)CCCc1cc2cc(C(=O)O)ccc2n1CCC(C)(C)NCC(O)c1cccc(N=S(=O)=O)c1.c1ccccc1. The van der Waals surface area contributed by atoms with E-state index in [1.165, 1.54) is 5.69 Å². The number of nitrogens with one attached hydrogen (secondary N) is 1. The van der Waals surface area contributed by atoms with Crippen LogP contribution < -0.4 is 5.32 Å². The third kappa shape index (κ3) is 11.1. The predicted octanol–water partition coefficient (Wildman–Crippen LogP) is 5.71. The molecule has 0 saturated carbocycles. The normalized spacial score (nSPS) is 12.0. The van der Waals surface area contributed by atoms with Crippen LogP contribution in [0, 0.1) is 0 Å².